The summed E-state index contributed by atoms with van der Waals surface area (Å²) < 4.78 is 40.0. The summed E-state index contributed by atoms with van der Waals surface area (Å²) in [5.41, 5.74) is -3.80. The predicted octanol–water partition coefficient (Wildman–Crippen LogP) is 11.0. The minimum atomic E-state index is -1.53. The Morgan fingerprint density at radius 3 is 1.84 bits per heavy atom. The summed E-state index contributed by atoms with van der Waals surface area (Å²) in [5, 5.41) is 5.18. The third-order valence-corrected chi connectivity index (χ3v) is 9.34. The van der Waals surface area contributed by atoms with E-state index in [-0.39, 0.29) is 36.2 Å². The van der Waals surface area contributed by atoms with Crippen LogP contribution in [0.2, 0.25) is 20.1 Å². The van der Waals surface area contributed by atoms with Crippen LogP contribution in [0, 0.1) is 17.6 Å². The summed E-state index contributed by atoms with van der Waals surface area (Å²) in [6.07, 6.45) is -2.87. The van der Waals surface area contributed by atoms with E-state index in [0.29, 0.717) is 5.56 Å². The van der Waals surface area contributed by atoms with Crippen LogP contribution in [0.4, 0.5) is 35.4 Å². The number of carbonyl (C=O) groups excluding carboxylic acids is 4. The number of alkyl halides is 2. The molecule has 0 spiro atoms. The number of anilines is 3. The number of halogens is 8. The Morgan fingerprint density at radius 2 is 1.32 bits per heavy atom. The topological polar surface area (TPSA) is 114 Å². The molecule has 50 heavy (non-hydrogen) atoms. The Morgan fingerprint density at radius 1 is 0.780 bits per heavy atom. The molecule has 3 aromatic rings. The number of hydrogen-bond acceptors (Lipinski definition) is 6. The molecule has 17 heteroatoms. The normalized spacial score (nSPS) is 16.7. The number of carbonyl (C=O) groups is 4. The number of nitrogens with zero attached hydrogens (tertiary/aromatic N) is 1. The number of amides is 4. The first kappa shape index (κ1) is 39.7. The zero-order valence-corrected chi connectivity index (χ0v) is 31.7. The lowest BCUT2D eigenvalue weighted by atomic mass is 10.1. The van der Waals surface area contributed by atoms with Crippen LogP contribution < -0.4 is 15.5 Å². The summed E-state index contributed by atoms with van der Waals surface area (Å²) >= 11 is 37.5. The van der Waals surface area contributed by atoms with Gasteiger partial charge in [0.25, 0.3) is 5.91 Å². The van der Waals surface area contributed by atoms with Gasteiger partial charge >= 0.3 is 12.2 Å². The van der Waals surface area contributed by atoms with Crippen molar-refractivity contribution in [3.05, 3.63) is 85.3 Å². The lowest BCUT2D eigenvalue weighted by Crippen LogP contribution is -2.44. The van der Waals surface area contributed by atoms with Crippen LogP contribution in [0.15, 0.2) is 42.5 Å². The van der Waals surface area contributed by atoms with E-state index >= 15 is 8.78 Å². The van der Waals surface area contributed by atoms with Crippen molar-refractivity contribution in [2.24, 2.45) is 5.92 Å². The number of benzene rings is 3. The molecule has 0 saturated heterocycles. The van der Waals surface area contributed by atoms with E-state index in [1.165, 1.54) is 71.9 Å². The zero-order chi connectivity index (χ0) is 37.7. The lowest BCUT2D eigenvalue weighted by molar-refractivity contribution is -0.117. The van der Waals surface area contributed by atoms with Gasteiger partial charge in [-0.15, -0.1) is 23.2 Å². The Bertz CT molecular complexity index is 1850. The van der Waals surface area contributed by atoms with Crippen molar-refractivity contribution < 1.29 is 37.4 Å². The van der Waals surface area contributed by atoms with Gasteiger partial charge in [-0.25, -0.2) is 18.4 Å². The first-order valence-electron chi connectivity index (χ1n) is 14.6. The molecule has 0 radical (unpaired) electrons. The van der Waals surface area contributed by atoms with Gasteiger partial charge in [-0.3, -0.25) is 9.59 Å². The molecule has 2 atom stereocenters. The maximum absolute atomic E-state index is 16.0. The SMILES string of the molecule is CC(C)(C)OC(=O)N(C(=O)OC(C)(C)C)c1c(F)ccc(NC(=O)c2cc(NC(=O)[C@H]3[C@H](c4cc(Cl)c(Cl)c(Cl)c4)C3(Cl)Cl)ccc2Cl)c1F. The van der Waals surface area contributed by atoms with Crippen LogP contribution in [0.25, 0.3) is 0 Å². The van der Waals surface area contributed by atoms with Crippen LogP contribution in [0.3, 0.4) is 0 Å². The molecule has 0 unspecified atom stereocenters. The zero-order valence-electron chi connectivity index (χ0n) is 27.1. The molecule has 0 bridgehead atoms. The van der Waals surface area contributed by atoms with E-state index < -0.39 is 74.4 Å². The first-order valence-corrected chi connectivity index (χ1v) is 16.9. The molecule has 1 aliphatic carbocycles. The molecule has 1 fully saturated rings. The second kappa shape index (κ2) is 14.5. The molecule has 1 saturated carbocycles. The van der Waals surface area contributed by atoms with Gasteiger partial charge in [0.15, 0.2) is 11.6 Å². The van der Waals surface area contributed by atoms with Crippen molar-refractivity contribution in [1.29, 1.82) is 0 Å². The van der Waals surface area contributed by atoms with Gasteiger partial charge in [0.1, 0.15) is 21.2 Å². The fraction of sp³-hybridized carbons (Fsp3) is 0.333. The Balaban J connectivity index is 1.60. The average molecular weight is 814 g/mol. The van der Waals surface area contributed by atoms with E-state index in [1.807, 2.05) is 0 Å². The molecule has 3 aromatic carbocycles. The van der Waals surface area contributed by atoms with Crippen molar-refractivity contribution in [3.63, 3.8) is 0 Å². The molecule has 4 rings (SSSR count). The van der Waals surface area contributed by atoms with E-state index in [9.17, 15) is 19.2 Å². The van der Waals surface area contributed by atoms with E-state index in [4.69, 9.17) is 79.1 Å². The Labute approximate surface area is 316 Å². The van der Waals surface area contributed by atoms with Gasteiger partial charge in [0.05, 0.1) is 37.3 Å². The van der Waals surface area contributed by atoms with Crippen molar-refractivity contribution in [2.75, 3.05) is 15.5 Å². The highest BCUT2D eigenvalue weighted by atomic mass is 35.5. The monoisotopic (exact) mass is 811 g/mol. The van der Waals surface area contributed by atoms with Crippen LogP contribution in [0.5, 0.6) is 0 Å². The lowest BCUT2D eigenvalue weighted by Gasteiger charge is -2.29. The number of nitrogens with one attached hydrogen (secondary N) is 2. The Kier molecular flexibility index (Phi) is 11.5. The number of hydrogen-bond donors (Lipinski definition) is 2. The van der Waals surface area contributed by atoms with Gasteiger partial charge in [0.2, 0.25) is 5.91 Å². The second-order valence-corrected chi connectivity index (χ2v) is 16.2. The number of ether oxygens (including phenoxy) is 2. The maximum atomic E-state index is 16.0. The minimum absolute atomic E-state index is 0.0603. The number of rotatable bonds is 6. The highest BCUT2D eigenvalue weighted by molar-refractivity contribution is 6.54. The van der Waals surface area contributed by atoms with Crippen LogP contribution >= 0.6 is 69.6 Å². The van der Waals surface area contributed by atoms with Crippen LogP contribution in [-0.4, -0.2) is 39.5 Å². The molecule has 0 heterocycles. The summed E-state index contributed by atoms with van der Waals surface area (Å²) in [7, 11) is 0. The van der Waals surface area contributed by atoms with E-state index in [0.717, 1.165) is 12.1 Å². The smallest absolute Gasteiger partial charge is 0.424 e. The second-order valence-electron chi connectivity index (χ2n) is 13.1. The largest absolute Gasteiger partial charge is 0.443 e. The highest BCUT2D eigenvalue weighted by Crippen LogP contribution is 2.65. The maximum Gasteiger partial charge on any atom is 0.424 e. The molecule has 268 valence electrons. The van der Waals surface area contributed by atoms with Gasteiger partial charge in [-0.2, -0.15) is 4.90 Å². The molecule has 2 N–H and O–H groups in total. The Hall–Kier alpha value is -3.06. The van der Waals surface area contributed by atoms with Gasteiger partial charge in [-0.1, -0.05) is 46.4 Å². The standard InChI is InChI=1S/C33H29Cl6F2N3O6/c1-31(2,3)49-29(47)44(30(48)50-32(4,5)6)26-20(40)9-10-21(25(26)41)43-27(45)16-13-15(7-8-17(16)34)42-28(46)23-22(33(23,38)39)14-11-18(35)24(37)19(36)12-14/h7-13,22-23H,1-6H3,(H,42,46)(H,43,45)/t22-,23+/m0/s1. The minimum Gasteiger partial charge on any atom is -0.443 e. The van der Waals surface area contributed by atoms with Crippen molar-refractivity contribution in [1.82, 2.24) is 0 Å². The molecule has 0 aromatic heterocycles. The number of imide groups is 1. The van der Waals surface area contributed by atoms with Crippen molar-refractivity contribution in [3.8, 4) is 0 Å². The highest BCUT2D eigenvalue weighted by Gasteiger charge is 2.67. The third kappa shape index (κ3) is 8.86. The third-order valence-electron chi connectivity index (χ3n) is 6.87. The predicted molar refractivity (Wildman–Crippen MR) is 191 cm³/mol. The van der Waals surface area contributed by atoms with Crippen LogP contribution in [0.1, 0.15) is 63.4 Å². The average Bonchev–Trinajstić information content (AvgIpc) is 3.55. The summed E-state index contributed by atoms with van der Waals surface area (Å²) in [6, 6.07) is 8.48. The summed E-state index contributed by atoms with van der Waals surface area (Å²) in [4.78, 5) is 52.8. The fourth-order valence-electron chi connectivity index (χ4n) is 4.72. The van der Waals surface area contributed by atoms with Gasteiger partial charge in [0, 0.05) is 11.6 Å². The van der Waals surface area contributed by atoms with E-state index in [1.54, 1.807) is 0 Å². The van der Waals surface area contributed by atoms with Crippen molar-refractivity contribution in [2.45, 2.75) is 63.0 Å². The molecular weight excluding hydrogens is 785 g/mol. The van der Waals surface area contributed by atoms with Gasteiger partial charge in [-0.05, 0) is 89.6 Å². The quantitative estimate of drug-likeness (QED) is 0.189. The molecule has 1 aliphatic rings. The molecule has 9 nitrogen and oxygen atoms in total. The summed E-state index contributed by atoms with van der Waals surface area (Å²) in [6.45, 7) is 8.91. The van der Waals surface area contributed by atoms with Gasteiger partial charge < -0.3 is 20.1 Å². The molecule has 4 amide bonds. The molecule has 0 aliphatic heterocycles. The molecular formula is C33H29Cl6F2N3O6. The summed E-state index contributed by atoms with van der Waals surface area (Å²) in [5.74, 6) is -6.12. The first-order chi connectivity index (χ1) is 22.9. The fourth-order valence-corrected chi connectivity index (χ4v) is 6.37. The van der Waals surface area contributed by atoms with Crippen LogP contribution in [-0.2, 0) is 14.3 Å². The van der Waals surface area contributed by atoms with Crippen molar-refractivity contribution >= 4 is 111 Å². The van der Waals surface area contributed by atoms with E-state index in [2.05, 4.69) is 10.6 Å².